The molecule has 436 valence electrons. The number of carbonyl (C=O) groups is 2. The normalized spacial score (nSPS) is 14.9. The second-order valence-corrected chi connectivity index (χ2v) is 9.38. The molecule has 0 saturated carbocycles. The van der Waals surface area contributed by atoms with Gasteiger partial charge < -0.3 is 54.0 Å². The van der Waals surface area contributed by atoms with Gasteiger partial charge in [-0.1, -0.05) is 214 Å². The van der Waals surface area contributed by atoms with Crippen molar-refractivity contribution in [1.82, 2.24) is 0 Å². The average Bonchev–Trinajstić information content (AvgIpc) is 3.33. The number of rotatable bonds is 5. The van der Waals surface area contributed by atoms with Crippen LogP contribution in [0.15, 0.2) is 46.4 Å². The Morgan fingerprint density at radius 1 is 0.618 bits per heavy atom. The number of hydrogen-bond acceptors (Lipinski definition) is 13. The van der Waals surface area contributed by atoms with Crippen molar-refractivity contribution >= 4 is 22.9 Å². The molecular formula is C55H138O13. The van der Waals surface area contributed by atoms with Crippen molar-refractivity contribution in [1.29, 1.82) is 0 Å². The Bertz CT molecular complexity index is 1500. The van der Waals surface area contributed by atoms with Crippen molar-refractivity contribution in [3.8, 4) is 28.6 Å². The average molecular weight is 1010 g/mol. The van der Waals surface area contributed by atoms with Gasteiger partial charge in [0.15, 0.2) is 35.2 Å². The fourth-order valence-electron chi connectivity index (χ4n) is 4.59. The molecule has 0 spiro atoms. The minimum Gasteiger partial charge on any atom is -0.504 e. The van der Waals surface area contributed by atoms with Crippen LogP contribution in [0.3, 0.4) is 0 Å². The molecule has 13 nitrogen and oxygen atoms in total. The highest BCUT2D eigenvalue weighted by Crippen LogP contribution is 2.43. The summed E-state index contributed by atoms with van der Waals surface area (Å²) in [4.78, 5) is 26.8. The van der Waals surface area contributed by atoms with Gasteiger partial charge in [-0.15, -0.1) is 0 Å². The van der Waals surface area contributed by atoms with Gasteiger partial charge in [0.1, 0.15) is 36.2 Å². The van der Waals surface area contributed by atoms with Crippen LogP contribution in [0.5, 0.6) is 17.2 Å². The first kappa shape index (κ1) is 159. The molecule has 2 aliphatic rings. The number of phenols is 3. The largest absolute Gasteiger partial charge is 0.504 e. The molecule has 3 aromatic rings. The lowest BCUT2D eigenvalue weighted by Gasteiger charge is -2.41. The van der Waals surface area contributed by atoms with E-state index in [4.69, 9.17) is 28.5 Å². The van der Waals surface area contributed by atoms with Crippen LogP contribution in [0.1, 0.15) is 236 Å². The lowest BCUT2D eigenvalue weighted by atomic mass is 9.97. The number of aromatic hydroxyl groups is 3. The summed E-state index contributed by atoms with van der Waals surface area (Å²) in [5.41, 5.74) is -0.0266. The molecule has 3 heterocycles. The zero-order valence-electron chi connectivity index (χ0n) is 21.0. The molecule has 5 atom stereocenters. The number of esters is 2. The number of phenolic OH excluding ortho intramolecular Hbond substituents is 3. The lowest BCUT2D eigenvalue weighted by Crippen LogP contribution is -2.60. The summed E-state index contributed by atoms with van der Waals surface area (Å²) in [6.45, 7) is 0.886. The van der Waals surface area contributed by atoms with Crippen molar-refractivity contribution < 1.29 is 63.6 Å². The van der Waals surface area contributed by atoms with Crippen molar-refractivity contribution in [3.05, 3.63) is 53.1 Å². The van der Waals surface area contributed by atoms with Crippen molar-refractivity contribution in [2.24, 2.45) is 0 Å². The van der Waals surface area contributed by atoms with Gasteiger partial charge in [0.2, 0.25) is 0 Å². The fraction of sp³-hybridized carbons (Fsp3) is 0.673. The molecule has 2 aliphatic heterocycles. The first-order valence-electron chi connectivity index (χ1n) is 12.2. The number of aliphatic hydroxyl groups excluding tert-OH is 3. The Morgan fingerprint density at radius 3 is 1.49 bits per heavy atom. The number of furan rings is 1. The number of benzene rings is 2. The van der Waals surface area contributed by atoms with Crippen LogP contribution in [0.4, 0.5) is 0 Å². The fourth-order valence-corrected chi connectivity index (χ4v) is 4.59. The number of cyclic esters (lactones) is 1. The summed E-state index contributed by atoms with van der Waals surface area (Å²) in [7, 11) is 0. The van der Waals surface area contributed by atoms with Gasteiger partial charge in [-0.2, -0.15) is 0 Å². The van der Waals surface area contributed by atoms with E-state index in [0.717, 1.165) is 12.1 Å². The van der Waals surface area contributed by atoms with E-state index in [0.29, 0.717) is 5.57 Å². The van der Waals surface area contributed by atoms with E-state index in [1.165, 1.54) is 24.3 Å². The summed E-state index contributed by atoms with van der Waals surface area (Å²) >= 11 is 0. The Hall–Kier alpha value is -4.14. The summed E-state index contributed by atoms with van der Waals surface area (Å²) in [6, 6.07) is 5.98. The molecule has 1 fully saturated rings. The van der Waals surface area contributed by atoms with Gasteiger partial charge in [0.05, 0.1) is 24.2 Å². The van der Waals surface area contributed by atoms with Crippen molar-refractivity contribution in [2.45, 2.75) is 246 Å². The molecule has 68 heavy (non-hydrogen) atoms. The van der Waals surface area contributed by atoms with E-state index in [-0.39, 0.29) is 255 Å². The molecule has 13 heteroatoms. The number of fused-ring (bicyclic) bond motifs is 1. The Kier molecular flexibility index (Phi) is 152. The summed E-state index contributed by atoms with van der Waals surface area (Å²) < 4.78 is 28.1. The maximum absolute atomic E-state index is 13.7. The standard InChI is InChI=1S/C27H26O13.28CH4/c1-11(6-7-28)9-37-27-21(33)20(32)24-17(38-27)10-36-25(34)13-3-5-15(30)23-18(13)19(26(35)40-24)22(39-23)12-2-4-14(29)16(31)8-12;;;;;;;;;;;;;;;;;;;;;;;;;;;;/h2-6,8,17,20-21,24,27-33H,7,9-10H2,1H3;28*1H4/b11-6-;;;;;;;;;;;;;;;;;;;;;;;;;;;;/t17-,20-,21-,24-,27-;;;;;;;;;;;;;;;;;;;;;;;;;;;;/m0............................/s1. The maximum atomic E-state index is 13.7. The van der Waals surface area contributed by atoms with Gasteiger partial charge in [-0.05, 0) is 42.8 Å². The molecular weight excluding hydrogens is 869 g/mol. The van der Waals surface area contributed by atoms with Crippen LogP contribution in [-0.2, 0) is 18.9 Å². The third kappa shape index (κ3) is 30.4. The van der Waals surface area contributed by atoms with E-state index in [1.807, 2.05) is 0 Å². The molecule has 1 aromatic heterocycles. The van der Waals surface area contributed by atoms with Crippen LogP contribution in [0.2, 0.25) is 0 Å². The summed E-state index contributed by atoms with van der Waals surface area (Å²) in [5.74, 6) is -3.62. The van der Waals surface area contributed by atoms with E-state index in [1.54, 1.807) is 6.92 Å². The number of aliphatic hydroxyl groups is 3. The van der Waals surface area contributed by atoms with E-state index in [9.17, 15) is 35.1 Å². The monoisotopic (exact) mass is 1010 g/mol. The molecule has 2 aromatic carbocycles. The van der Waals surface area contributed by atoms with Gasteiger partial charge >= 0.3 is 11.9 Å². The molecule has 0 bridgehead atoms. The van der Waals surface area contributed by atoms with Crippen LogP contribution in [0.25, 0.3) is 22.3 Å². The molecule has 0 aliphatic carbocycles. The molecule has 6 N–H and O–H groups in total. The molecule has 0 unspecified atom stereocenters. The highest BCUT2D eigenvalue weighted by Gasteiger charge is 2.49. The first-order valence-corrected chi connectivity index (χ1v) is 12.2. The Morgan fingerprint density at radius 2 is 1.06 bits per heavy atom. The second-order valence-electron chi connectivity index (χ2n) is 9.38. The zero-order chi connectivity index (χ0) is 28.7. The maximum Gasteiger partial charge on any atom is 0.343 e. The Labute approximate surface area is 432 Å². The van der Waals surface area contributed by atoms with Gasteiger partial charge in [0.25, 0.3) is 0 Å². The second kappa shape index (κ2) is 64.9. The van der Waals surface area contributed by atoms with E-state index < -0.39 is 66.5 Å². The molecule has 5 rings (SSSR count). The van der Waals surface area contributed by atoms with Crippen LogP contribution in [-0.4, -0.2) is 93.1 Å². The van der Waals surface area contributed by atoms with Crippen LogP contribution in [0, 0.1) is 0 Å². The SMILES string of the molecule is C.C.C.C.C.C.C.C.C.C.C.C.C.C.C.C.C.C.C.C.C.C.C.C.C.C.C.C.C/C(=C/CO)CO[C@H]1O[C@H]2COC(=O)c3ccc(O)c4oc(-c5ccc(O)c(O)c5)c(c34)C(=O)O[C@@H]2[C@@H](O)[C@@H]1O. The minimum atomic E-state index is -1.74. The van der Waals surface area contributed by atoms with Crippen LogP contribution < -0.4 is 0 Å². The topological polar surface area (TPSA) is 206 Å². The summed E-state index contributed by atoms with van der Waals surface area (Å²) in [5, 5.41) is 60.7. The van der Waals surface area contributed by atoms with Gasteiger partial charge in [0, 0.05) is 5.56 Å². The smallest absolute Gasteiger partial charge is 0.343 e. The third-order valence-electron chi connectivity index (χ3n) is 6.66. The quantitative estimate of drug-likeness (QED) is 0.0800. The molecule has 0 radical (unpaired) electrons. The van der Waals surface area contributed by atoms with Crippen LogP contribution >= 0.6 is 0 Å². The molecule has 0 amide bonds. The predicted octanol–water partition coefficient (Wildman–Crippen LogP) is 19.1. The number of carbonyl (C=O) groups excluding carboxylic acids is 2. The van der Waals surface area contributed by atoms with Crippen molar-refractivity contribution in [3.63, 3.8) is 0 Å². The Balaban J connectivity index is -0.0000000314. The van der Waals surface area contributed by atoms with E-state index in [2.05, 4.69) is 0 Å². The van der Waals surface area contributed by atoms with Gasteiger partial charge in [-0.3, -0.25) is 0 Å². The molecule has 1 saturated heterocycles. The van der Waals surface area contributed by atoms with E-state index >= 15 is 0 Å². The number of ether oxygens (including phenoxy) is 4. The third-order valence-corrected chi connectivity index (χ3v) is 6.66. The lowest BCUT2D eigenvalue weighted by molar-refractivity contribution is -0.298. The van der Waals surface area contributed by atoms with Gasteiger partial charge in [-0.25, -0.2) is 9.59 Å². The number of hydrogen-bond donors (Lipinski definition) is 6. The highest BCUT2D eigenvalue weighted by molar-refractivity contribution is 6.17. The zero-order valence-corrected chi connectivity index (χ0v) is 21.0. The summed E-state index contributed by atoms with van der Waals surface area (Å²) in [6.07, 6.45) is -6.12. The predicted molar refractivity (Wildman–Crippen MR) is 322 cm³/mol. The highest BCUT2D eigenvalue weighted by atomic mass is 16.7. The first-order chi connectivity index (χ1) is 19.1. The minimum absolute atomic E-state index is 0. The van der Waals surface area contributed by atoms with Crippen molar-refractivity contribution in [2.75, 3.05) is 19.8 Å².